The maximum absolute atomic E-state index is 3.48. The van der Waals surface area contributed by atoms with E-state index in [0.717, 1.165) is 0 Å². The quantitative estimate of drug-likeness (QED) is 0.331. The number of nitrogens with zero attached hydrogens (tertiary/aromatic N) is 8. The molecule has 0 unspecified atom stereocenters. The third-order valence-corrected chi connectivity index (χ3v) is 0.838. The molecule has 0 radical (unpaired) electrons. The van der Waals surface area contributed by atoms with Gasteiger partial charge in [-0.1, -0.05) is 0 Å². The van der Waals surface area contributed by atoms with E-state index in [0.29, 0.717) is 0 Å². The molecule has 0 aliphatic carbocycles. The Morgan fingerprint density at radius 2 is 1.41 bits per heavy atom. The van der Waals surface area contributed by atoms with E-state index >= 15 is 0 Å². The summed E-state index contributed by atoms with van der Waals surface area (Å²) >= 11 is 0. The van der Waals surface area contributed by atoms with Gasteiger partial charge in [-0.2, -0.15) is 5.21 Å². The number of halogens is 1. The monoisotopic (exact) mass is 315 g/mol. The summed E-state index contributed by atoms with van der Waals surface area (Å²) in [6.07, 6.45) is 0. The Kier molecular flexibility index (Phi) is 36.3. The summed E-state index contributed by atoms with van der Waals surface area (Å²) in [6, 6.07) is 0. The fourth-order valence-electron chi connectivity index (χ4n) is 0.468. The van der Waals surface area contributed by atoms with Gasteiger partial charge in [0.25, 0.3) is 0 Å². The van der Waals surface area contributed by atoms with E-state index in [-0.39, 0.29) is 71.6 Å². The number of hydrogen-bond donors (Lipinski definition) is 5. The molecule has 17 heavy (non-hydrogen) atoms. The van der Waals surface area contributed by atoms with E-state index in [1.807, 2.05) is 0 Å². The van der Waals surface area contributed by atoms with E-state index < -0.39 is 0 Å². The van der Waals surface area contributed by atoms with Crippen LogP contribution < -0.4 is 53.5 Å². The van der Waals surface area contributed by atoms with Crippen molar-refractivity contribution in [3.05, 3.63) is 0 Å². The molecule has 0 aliphatic rings. The third-order valence-electron chi connectivity index (χ3n) is 0.838. The van der Waals surface area contributed by atoms with E-state index in [9.17, 15) is 0 Å². The normalized spacial score (nSPS) is 5.88. The van der Waals surface area contributed by atoms with Gasteiger partial charge in [-0.15, -0.1) is 0 Å². The van der Waals surface area contributed by atoms with Gasteiger partial charge in [-0.3, -0.25) is 20.7 Å². The van der Waals surface area contributed by atoms with E-state index in [4.69, 9.17) is 0 Å². The smallest absolute Gasteiger partial charge is 1.00 e. The molecule has 0 spiro atoms. The molecule has 2 heterocycles. The average molecular weight is 316 g/mol. The molecule has 0 atom stereocenters. The van der Waals surface area contributed by atoms with Crippen LogP contribution in [0.4, 0.5) is 0 Å². The van der Waals surface area contributed by atoms with Gasteiger partial charge in [0.15, 0.2) is 0 Å². The SMILES string of the molecule is N.N.N.N.N.[Cl-].[Co+3].n1n[n-]c(-c2nn[n-]n2)n1. The van der Waals surface area contributed by atoms with Crippen molar-refractivity contribution in [2.24, 2.45) is 0 Å². The minimum absolute atomic E-state index is 0. The molecule has 15 heteroatoms. The van der Waals surface area contributed by atoms with Gasteiger partial charge in [-0.25, -0.2) is 5.10 Å². The van der Waals surface area contributed by atoms with Gasteiger partial charge in [0.1, 0.15) is 0 Å². The molecule has 15 N–H and O–H groups in total. The molecule has 0 saturated carbocycles. The van der Waals surface area contributed by atoms with Crippen molar-refractivity contribution in [3.8, 4) is 11.6 Å². The van der Waals surface area contributed by atoms with Crippen LogP contribution in [-0.2, 0) is 16.8 Å². The fourth-order valence-corrected chi connectivity index (χ4v) is 0.468. The molecular formula is C2H15ClCoN13. The molecule has 104 valence electrons. The number of aromatic nitrogens is 8. The van der Waals surface area contributed by atoms with Gasteiger partial charge in [0, 0.05) is 0 Å². The molecule has 0 aliphatic heterocycles. The van der Waals surface area contributed by atoms with Crippen LogP contribution in [-0.4, -0.2) is 30.9 Å². The fraction of sp³-hybridized carbons (Fsp3) is 0. The van der Waals surface area contributed by atoms with Crippen LogP contribution in [0, 0.1) is 0 Å². The van der Waals surface area contributed by atoms with Gasteiger partial charge in [0.05, 0.1) is 11.6 Å². The predicted octanol–water partition coefficient (Wildman–Crippen LogP) is -4.55. The maximum atomic E-state index is 3.48. The molecule has 0 aromatic carbocycles. The number of hydrogen-bond acceptors (Lipinski definition) is 11. The first-order chi connectivity index (χ1) is 4.97. The second-order valence-corrected chi connectivity index (χ2v) is 1.40. The van der Waals surface area contributed by atoms with Crippen LogP contribution in [0.2, 0.25) is 0 Å². The Morgan fingerprint density at radius 1 is 0.824 bits per heavy atom. The summed E-state index contributed by atoms with van der Waals surface area (Å²) in [5.74, 6) is 0.481. The second kappa shape index (κ2) is 17.1. The van der Waals surface area contributed by atoms with Crippen LogP contribution in [0.1, 0.15) is 0 Å². The molecule has 0 amide bonds. The van der Waals surface area contributed by atoms with Crippen molar-refractivity contribution in [1.82, 2.24) is 72.0 Å². The van der Waals surface area contributed by atoms with Gasteiger partial charge >= 0.3 is 16.8 Å². The Bertz CT molecular complexity index is 259. The summed E-state index contributed by atoms with van der Waals surface area (Å²) in [4.78, 5) is 0. The first-order valence-electron chi connectivity index (χ1n) is 2.34. The molecule has 0 bridgehead atoms. The van der Waals surface area contributed by atoms with Gasteiger partial charge in [-0.05, 0) is 0 Å². The Hall–Kier alpha value is -1.26. The Labute approximate surface area is 113 Å². The zero-order valence-electron chi connectivity index (χ0n) is 8.82. The van der Waals surface area contributed by atoms with Crippen LogP contribution >= 0.6 is 0 Å². The average Bonchev–Trinajstić information content (AvgIpc) is 2.59. The number of tetrazole rings is 2. The zero-order chi connectivity index (χ0) is 6.81. The van der Waals surface area contributed by atoms with Crippen molar-refractivity contribution in [2.75, 3.05) is 0 Å². The largest absolute Gasteiger partial charge is 3.00 e. The van der Waals surface area contributed by atoms with Crippen LogP contribution in [0.3, 0.4) is 0 Å². The van der Waals surface area contributed by atoms with Crippen molar-refractivity contribution in [2.45, 2.75) is 0 Å². The maximum Gasteiger partial charge on any atom is 3.00 e. The second-order valence-electron chi connectivity index (χ2n) is 1.40. The zero-order valence-corrected chi connectivity index (χ0v) is 10.6. The van der Waals surface area contributed by atoms with Crippen molar-refractivity contribution in [1.29, 1.82) is 0 Å². The molecule has 0 fully saturated rings. The van der Waals surface area contributed by atoms with Crippen molar-refractivity contribution >= 4 is 0 Å². The summed E-state index contributed by atoms with van der Waals surface area (Å²) in [5.41, 5.74) is 0. The summed E-state index contributed by atoms with van der Waals surface area (Å²) in [5, 5.41) is 26.9. The van der Waals surface area contributed by atoms with Gasteiger partial charge < -0.3 is 53.4 Å². The number of rotatable bonds is 1. The Morgan fingerprint density at radius 3 is 1.76 bits per heavy atom. The van der Waals surface area contributed by atoms with Gasteiger partial charge in [0.2, 0.25) is 0 Å². The standard InChI is InChI=1S/C2N8.ClH.Co.5H3N/c3-1(4-8-7-3)2-5-9-10-6-2;;;;;;;/h;1H;;5*1H3/q-2;;+3;;;;;/p-1. The first-order valence-corrected chi connectivity index (χ1v) is 2.34. The minimum Gasteiger partial charge on any atom is -1.00 e. The van der Waals surface area contributed by atoms with Crippen LogP contribution in [0.25, 0.3) is 11.6 Å². The first kappa shape index (κ1) is 36.0. The summed E-state index contributed by atoms with van der Waals surface area (Å²) < 4.78 is 0. The molecule has 2 rings (SSSR count). The molecular weight excluding hydrogens is 300 g/mol. The van der Waals surface area contributed by atoms with Crippen molar-refractivity contribution < 1.29 is 29.2 Å². The van der Waals surface area contributed by atoms with E-state index in [1.54, 1.807) is 0 Å². The van der Waals surface area contributed by atoms with Crippen LogP contribution in [0.5, 0.6) is 0 Å². The minimum atomic E-state index is 0. The van der Waals surface area contributed by atoms with E-state index in [1.165, 1.54) is 0 Å². The topological polar surface area (TPSA) is 281 Å². The summed E-state index contributed by atoms with van der Waals surface area (Å²) in [6.45, 7) is 0. The van der Waals surface area contributed by atoms with Crippen LogP contribution in [0.15, 0.2) is 0 Å². The summed E-state index contributed by atoms with van der Waals surface area (Å²) in [7, 11) is 0. The molecule has 13 nitrogen and oxygen atoms in total. The van der Waals surface area contributed by atoms with E-state index in [2.05, 4.69) is 41.2 Å². The third kappa shape index (κ3) is 8.53. The molecule has 0 saturated heterocycles. The predicted molar refractivity (Wildman–Crippen MR) is 50.4 cm³/mol. The molecule has 2 aromatic rings. The van der Waals surface area contributed by atoms with Crippen molar-refractivity contribution in [3.63, 3.8) is 0 Å². The molecule has 2 aromatic heterocycles. The Balaban J connectivity index is -0.0000000432.